The molecular formula is C22H14N6O2. The Morgan fingerprint density at radius 3 is 2.60 bits per heavy atom. The van der Waals surface area contributed by atoms with Gasteiger partial charge in [0.1, 0.15) is 11.0 Å². The largest absolute Gasteiger partial charge is 0.454 e. The van der Waals surface area contributed by atoms with E-state index < -0.39 is 0 Å². The summed E-state index contributed by atoms with van der Waals surface area (Å²) in [5, 5.41) is 15.8. The summed E-state index contributed by atoms with van der Waals surface area (Å²) in [6.45, 7) is 0.239. The standard InChI is InChI=1S/C22H14N6O2/c1-2-5-15-14(4-1)19-16(6-3-9-23-19)21-20(15)25-22(28-26-21)27-24-11-13-7-8-17-18(10-13)30-12-29-17/h1-11H,12H2,(H,25,27,28)/b24-11-. The molecule has 0 saturated carbocycles. The number of ether oxygens (including phenoxy) is 2. The van der Waals surface area contributed by atoms with E-state index in [9.17, 15) is 0 Å². The van der Waals surface area contributed by atoms with Crippen molar-refractivity contribution in [3.8, 4) is 11.5 Å². The minimum absolute atomic E-state index is 0.239. The van der Waals surface area contributed by atoms with Crippen molar-refractivity contribution in [3.63, 3.8) is 0 Å². The number of anilines is 1. The molecule has 0 amide bonds. The first kappa shape index (κ1) is 16.6. The molecule has 0 saturated heterocycles. The van der Waals surface area contributed by atoms with Crippen LogP contribution in [0.2, 0.25) is 0 Å². The normalized spacial score (nSPS) is 12.9. The molecule has 0 radical (unpaired) electrons. The maximum atomic E-state index is 5.38. The SMILES string of the molecule is C(=N/Nc1nnc2c3cccnc3c3ccccc3c2n1)/c1ccc2c(c1)OCO2. The summed E-state index contributed by atoms with van der Waals surface area (Å²) in [6, 6.07) is 17.5. The van der Waals surface area contributed by atoms with Gasteiger partial charge >= 0.3 is 0 Å². The van der Waals surface area contributed by atoms with Crippen molar-refractivity contribution in [2.75, 3.05) is 12.2 Å². The predicted octanol–water partition coefficient (Wildman–Crippen LogP) is 3.90. The summed E-state index contributed by atoms with van der Waals surface area (Å²) in [5.41, 5.74) is 6.08. The van der Waals surface area contributed by atoms with E-state index in [0.29, 0.717) is 17.2 Å². The second kappa shape index (κ2) is 6.63. The molecule has 5 aromatic rings. The van der Waals surface area contributed by atoms with Crippen LogP contribution >= 0.6 is 0 Å². The lowest BCUT2D eigenvalue weighted by molar-refractivity contribution is 0.174. The second-order valence-corrected chi connectivity index (χ2v) is 6.76. The molecule has 1 aliphatic heterocycles. The fourth-order valence-corrected chi connectivity index (χ4v) is 3.61. The van der Waals surface area contributed by atoms with Crippen molar-refractivity contribution < 1.29 is 9.47 Å². The van der Waals surface area contributed by atoms with Crippen LogP contribution in [0.5, 0.6) is 11.5 Å². The Hall–Kier alpha value is -4.33. The van der Waals surface area contributed by atoms with E-state index in [0.717, 1.165) is 38.5 Å². The fraction of sp³-hybridized carbons (Fsp3) is 0.0455. The molecule has 1 aliphatic rings. The van der Waals surface area contributed by atoms with Crippen LogP contribution in [0.15, 0.2) is 65.9 Å². The Morgan fingerprint density at radius 1 is 0.833 bits per heavy atom. The van der Waals surface area contributed by atoms with Crippen LogP contribution in [-0.4, -0.2) is 33.2 Å². The lowest BCUT2D eigenvalue weighted by atomic mass is 10.0. The van der Waals surface area contributed by atoms with Gasteiger partial charge in [0.15, 0.2) is 11.5 Å². The smallest absolute Gasteiger partial charge is 0.263 e. The third-order valence-corrected chi connectivity index (χ3v) is 4.96. The molecule has 0 bridgehead atoms. The molecule has 3 aromatic carbocycles. The predicted molar refractivity (Wildman–Crippen MR) is 114 cm³/mol. The Bertz CT molecular complexity index is 1430. The maximum absolute atomic E-state index is 5.38. The molecule has 0 aliphatic carbocycles. The van der Waals surface area contributed by atoms with Crippen LogP contribution in [0, 0.1) is 0 Å². The highest BCUT2D eigenvalue weighted by molar-refractivity contribution is 6.21. The first-order chi connectivity index (χ1) is 14.9. The number of pyridine rings is 1. The summed E-state index contributed by atoms with van der Waals surface area (Å²) in [7, 11) is 0. The third kappa shape index (κ3) is 2.66. The van der Waals surface area contributed by atoms with Gasteiger partial charge in [-0.05, 0) is 35.9 Å². The van der Waals surface area contributed by atoms with Crippen molar-refractivity contribution in [2.24, 2.45) is 5.10 Å². The number of nitrogens with one attached hydrogen (secondary N) is 1. The van der Waals surface area contributed by atoms with Gasteiger partial charge in [-0.3, -0.25) is 4.98 Å². The highest BCUT2D eigenvalue weighted by Gasteiger charge is 2.13. The topological polar surface area (TPSA) is 94.4 Å². The fourth-order valence-electron chi connectivity index (χ4n) is 3.61. The van der Waals surface area contributed by atoms with Crippen LogP contribution < -0.4 is 14.9 Å². The quantitative estimate of drug-likeness (QED) is 0.282. The van der Waals surface area contributed by atoms with E-state index >= 15 is 0 Å². The molecule has 0 fully saturated rings. The van der Waals surface area contributed by atoms with Gasteiger partial charge in [-0.15, -0.1) is 10.2 Å². The van der Waals surface area contributed by atoms with Crippen molar-refractivity contribution in [3.05, 3.63) is 66.4 Å². The number of aromatic nitrogens is 4. The van der Waals surface area contributed by atoms with Gasteiger partial charge in [-0.25, -0.2) is 10.4 Å². The van der Waals surface area contributed by atoms with E-state index in [-0.39, 0.29) is 6.79 Å². The summed E-state index contributed by atoms with van der Waals surface area (Å²) in [5.74, 6) is 1.75. The van der Waals surface area contributed by atoms with Gasteiger partial charge in [0, 0.05) is 22.4 Å². The summed E-state index contributed by atoms with van der Waals surface area (Å²) >= 11 is 0. The molecule has 0 unspecified atom stereocenters. The highest BCUT2D eigenvalue weighted by Crippen LogP contribution is 2.32. The lowest BCUT2D eigenvalue weighted by Crippen LogP contribution is -2.00. The Labute approximate surface area is 170 Å². The number of nitrogens with zero attached hydrogens (tertiary/aromatic N) is 5. The monoisotopic (exact) mass is 394 g/mol. The zero-order valence-electron chi connectivity index (χ0n) is 15.6. The number of hydrazone groups is 1. The molecule has 0 spiro atoms. The molecule has 1 N–H and O–H groups in total. The average Bonchev–Trinajstić information content (AvgIpc) is 3.27. The lowest BCUT2D eigenvalue weighted by Gasteiger charge is -2.08. The first-order valence-corrected chi connectivity index (χ1v) is 9.35. The molecule has 6 rings (SSSR count). The van der Waals surface area contributed by atoms with E-state index in [1.165, 1.54) is 0 Å². The van der Waals surface area contributed by atoms with E-state index in [1.807, 2.05) is 54.6 Å². The molecule has 0 atom stereocenters. The molecule has 2 aromatic heterocycles. The van der Waals surface area contributed by atoms with Crippen LogP contribution in [-0.2, 0) is 0 Å². The zero-order chi connectivity index (χ0) is 19.9. The second-order valence-electron chi connectivity index (χ2n) is 6.76. The Balaban J connectivity index is 1.40. The molecule has 8 nitrogen and oxygen atoms in total. The summed E-state index contributed by atoms with van der Waals surface area (Å²) in [6.07, 6.45) is 3.44. The molecule has 3 heterocycles. The van der Waals surface area contributed by atoms with Crippen molar-refractivity contribution >= 4 is 44.9 Å². The minimum atomic E-state index is 0.239. The molecular weight excluding hydrogens is 380 g/mol. The van der Waals surface area contributed by atoms with Crippen molar-refractivity contribution in [2.45, 2.75) is 0 Å². The summed E-state index contributed by atoms with van der Waals surface area (Å²) < 4.78 is 10.7. The van der Waals surface area contributed by atoms with Crippen LogP contribution in [0.3, 0.4) is 0 Å². The number of rotatable bonds is 3. The van der Waals surface area contributed by atoms with Crippen molar-refractivity contribution in [1.82, 2.24) is 20.2 Å². The van der Waals surface area contributed by atoms with Crippen LogP contribution in [0.25, 0.3) is 32.7 Å². The van der Waals surface area contributed by atoms with E-state index in [1.54, 1.807) is 12.4 Å². The molecule has 144 valence electrons. The minimum Gasteiger partial charge on any atom is -0.454 e. The van der Waals surface area contributed by atoms with Gasteiger partial charge in [-0.1, -0.05) is 24.3 Å². The average molecular weight is 394 g/mol. The van der Waals surface area contributed by atoms with Gasteiger partial charge in [0.25, 0.3) is 5.95 Å². The van der Waals surface area contributed by atoms with Crippen molar-refractivity contribution in [1.29, 1.82) is 0 Å². The van der Waals surface area contributed by atoms with Gasteiger partial charge < -0.3 is 9.47 Å². The van der Waals surface area contributed by atoms with Crippen LogP contribution in [0.1, 0.15) is 5.56 Å². The number of hydrogen-bond donors (Lipinski definition) is 1. The number of fused-ring (bicyclic) bond motifs is 7. The molecule has 30 heavy (non-hydrogen) atoms. The summed E-state index contributed by atoms with van der Waals surface area (Å²) in [4.78, 5) is 9.21. The Kier molecular flexibility index (Phi) is 3.67. The Morgan fingerprint density at radius 2 is 1.67 bits per heavy atom. The van der Waals surface area contributed by atoms with E-state index in [4.69, 9.17) is 9.47 Å². The number of benzene rings is 3. The van der Waals surface area contributed by atoms with Gasteiger partial charge in [0.05, 0.1) is 11.7 Å². The van der Waals surface area contributed by atoms with Crippen LogP contribution in [0.4, 0.5) is 5.95 Å². The maximum Gasteiger partial charge on any atom is 0.263 e. The number of hydrogen-bond acceptors (Lipinski definition) is 8. The zero-order valence-corrected chi connectivity index (χ0v) is 15.6. The highest BCUT2D eigenvalue weighted by atomic mass is 16.7. The first-order valence-electron chi connectivity index (χ1n) is 9.35. The van der Waals surface area contributed by atoms with Gasteiger partial charge in [-0.2, -0.15) is 5.10 Å². The van der Waals surface area contributed by atoms with E-state index in [2.05, 4.69) is 30.7 Å². The molecule has 8 heteroatoms. The van der Waals surface area contributed by atoms with Gasteiger partial charge in [0.2, 0.25) is 6.79 Å². The third-order valence-electron chi connectivity index (χ3n) is 4.96.